The molecule has 124 valence electrons. The number of rotatable bonds is 6. The van der Waals surface area contributed by atoms with Gasteiger partial charge in [-0.15, -0.1) is 23.7 Å². The first-order chi connectivity index (χ1) is 10.6. The molecule has 3 rings (SSSR count). The van der Waals surface area contributed by atoms with Crippen molar-refractivity contribution in [3.63, 3.8) is 0 Å². The number of halogens is 2. The summed E-state index contributed by atoms with van der Waals surface area (Å²) in [6.45, 7) is 1.21. The van der Waals surface area contributed by atoms with Gasteiger partial charge in [-0.05, 0) is 37.1 Å². The average Bonchev–Trinajstić information content (AvgIpc) is 3.17. The number of nitrogens with two attached hydrogens (primary N) is 1. The van der Waals surface area contributed by atoms with Crippen LogP contribution in [0.25, 0.3) is 0 Å². The first-order valence-electron chi connectivity index (χ1n) is 7.32. The predicted molar refractivity (Wildman–Crippen MR) is 99.5 cm³/mol. The minimum atomic E-state index is -0.0965. The van der Waals surface area contributed by atoms with Crippen molar-refractivity contribution in [1.29, 1.82) is 0 Å². The summed E-state index contributed by atoms with van der Waals surface area (Å²) in [4.78, 5) is 16.6. The molecule has 0 bridgehead atoms. The summed E-state index contributed by atoms with van der Waals surface area (Å²) in [6, 6.07) is 8.33. The first-order valence-corrected chi connectivity index (χ1v) is 8.99. The van der Waals surface area contributed by atoms with E-state index in [1.165, 1.54) is 16.9 Å². The summed E-state index contributed by atoms with van der Waals surface area (Å²) in [7, 11) is 0. The fraction of sp³-hybridized carbons (Fsp3) is 0.375. The third-order valence-electron chi connectivity index (χ3n) is 4.02. The summed E-state index contributed by atoms with van der Waals surface area (Å²) in [6.07, 6.45) is 2.94. The molecule has 1 aromatic carbocycles. The van der Waals surface area contributed by atoms with Gasteiger partial charge in [-0.2, -0.15) is 0 Å². The molecule has 23 heavy (non-hydrogen) atoms. The van der Waals surface area contributed by atoms with Crippen LogP contribution in [0.4, 0.5) is 0 Å². The molecule has 0 unspecified atom stereocenters. The van der Waals surface area contributed by atoms with E-state index >= 15 is 0 Å². The average molecular weight is 417 g/mol. The zero-order chi connectivity index (χ0) is 15.6. The standard InChI is InChI=1S/C16H18BrN3OS.ClH/c17-12-3-1-2-11(8-12)16(5-6-16)10-19-15(21)13-9-22-14(20-13)4-7-18;/h1-3,8-9H,4-7,10,18H2,(H,19,21);1H. The third-order valence-corrected chi connectivity index (χ3v) is 5.42. The summed E-state index contributed by atoms with van der Waals surface area (Å²) in [5.74, 6) is -0.0965. The largest absolute Gasteiger partial charge is 0.350 e. The van der Waals surface area contributed by atoms with Crippen molar-refractivity contribution in [2.75, 3.05) is 13.1 Å². The van der Waals surface area contributed by atoms with Gasteiger partial charge in [0.25, 0.3) is 5.91 Å². The normalized spacial score (nSPS) is 14.9. The molecule has 0 radical (unpaired) electrons. The van der Waals surface area contributed by atoms with Crippen LogP contribution in [0.3, 0.4) is 0 Å². The highest BCUT2D eigenvalue weighted by Crippen LogP contribution is 2.48. The van der Waals surface area contributed by atoms with Gasteiger partial charge >= 0.3 is 0 Å². The lowest BCUT2D eigenvalue weighted by Crippen LogP contribution is -2.32. The van der Waals surface area contributed by atoms with Crippen molar-refractivity contribution in [3.8, 4) is 0 Å². The lowest BCUT2D eigenvalue weighted by atomic mass is 9.96. The van der Waals surface area contributed by atoms with Gasteiger partial charge in [0, 0.05) is 28.2 Å². The monoisotopic (exact) mass is 415 g/mol. The Hall–Kier alpha value is -0.950. The van der Waals surface area contributed by atoms with E-state index in [-0.39, 0.29) is 23.7 Å². The Kier molecular flexibility index (Phi) is 6.19. The molecule has 0 spiro atoms. The van der Waals surface area contributed by atoms with Crippen LogP contribution in [0, 0.1) is 0 Å². The fourth-order valence-corrected chi connectivity index (χ4v) is 3.72. The van der Waals surface area contributed by atoms with Crippen LogP contribution >= 0.6 is 39.7 Å². The summed E-state index contributed by atoms with van der Waals surface area (Å²) in [5, 5.41) is 5.76. The van der Waals surface area contributed by atoms with E-state index in [1.807, 2.05) is 12.1 Å². The Bertz CT molecular complexity index is 687. The van der Waals surface area contributed by atoms with E-state index < -0.39 is 0 Å². The van der Waals surface area contributed by atoms with Gasteiger partial charge in [0.15, 0.2) is 0 Å². The molecule has 3 N–H and O–H groups in total. The van der Waals surface area contributed by atoms with E-state index in [4.69, 9.17) is 5.73 Å². The van der Waals surface area contributed by atoms with Crippen molar-refractivity contribution < 1.29 is 4.79 Å². The molecule has 2 aromatic rings. The second kappa shape index (κ2) is 7.75. The molecule has 1 saturated carbocycles. The SMILES string of the molecule is Cl.NCCc1nc(C(=O)NCC2(c3cccc(Br)c3)CC2)cs1. The number of hydrogen-bond donors (Lipinski definition) is 2. The molecule has 1 aliphatic carbocycles. The number of nitrogens with zero attached hydrogens (tertiary/aromatic N) is 1. The number of amides is 1. The highest BCUT2D eigenvalue weighted by atomic mass is 79.9. The van der Waals surface area contributed by atoms with Crippen LogP contribution in [-0.2, 0) is 11.8 Å². The predicted octanol–water partition coefficient (Wildman–Crippen LogP) is 3.29. The number of hydrogen-bond acceptors (Lipinski definition) is 4. The molecular weight excluding hydrogens is 398 g/mol. The maximum Gasteiger partial charge on any atom is 0.270 e. The molecule has 0 atom stereocenters. The van der Waals surface area contributed by atoms with Crippen LogP contribution in [-0.4, -0.2) is 24.0 Å². The highest BCUT2D eigenvalue weighted by Gasteiger charge is 2.44. The van der Waals surface area contributed by atoms with Crippen LogP contribution in [0.2, 0.25) is 0 Å². The molecule has 1 aliphatic rings. The number of nitrogens with one attached hydrogen (secondary N) is 1. The Balaban J connectivity index is 0.00000192. The third kappa shape index (κ3) is 4.32. The molecule has 0 aliphatic heterocycles. The minimum absolute atomic E-state index is 0. The highest BCUT2D eigenvalue weighted by molar-refractivity contribution is 9.10. The van der Waals surface area contributed by atoms with Crippen LogP contribution in [0.15, 0.2) is 34.1 Å². The van der Waals surface area contributed by atoms with Gasteiger partial charge < -0.3 is 11.1 Å². The van der Waals surface area contributed by atoms with Crippen molar-refractivity contribution in [2.24, 2.45) is 5.73 Å². The summed E-state index contributed by atoms with van der Waals surface area (Å²) in [5.41, 5.74) is 7.38. The van der Waals surface area contributed by atoms with Gasteiger partial charge in [-0.1, -0.05) is 28.1 Å². The molecule has 7 heteroatoms. The Morgan fingerprint density at radius 2 is 2.22 bits per heavy atom. The second-order valence-electron chi connectivity index (χ2n) is 5.64. The lowest BCUT2D eigenvalue weighted by Gasteiger charge is -2.16. The van der Waals surface area contributed by atoms with Crippen molar-refractivity contribution in [3.05, 3.63) is 50.4 Å². The zero-order valence-electron chi connectivity index (χ0n) is 12.5. The van der Waals surface area contributed by atoms with Gasteiger partial charge in [0.05, 0.1) is 5.01 Å². The van der Waals surface area contributed by atoms with Crippen LogP contribution in [0.5, 0.6) is 0 Å². The number of benzene rings is 1. The van der Waals surface area contributed by atoms with Gasteiger partial charge in [-0.3, -0.25) is 4.79 Å². The topological polar surface area (TPSA) is 68.0 Å². The first kappa shape index (κ1) is 18.4. The molecule has 4 nitrogen and oxygen atoms in total. The summed E-state index contributed by atoms with van der Waals surface area (Å²) < 4.78 is 1.08. The number of thiazole rings is 1. The molecule has 1 aromatic heterocycles. The molecule has 0 saturated heterocycles. The lowest BCUT2D eigenvalue weighted by molar-refractivity contribution is 0.0945. The van der Waals surface area contributed by atoms with E-state index in [0.717, 1.165) is 28.7 Å². The van der Waals surface area contributed by atoms with E-state index in [1.54, 1.807) is 5.38 Å². The zero-order valence-corrected chi connectivity index (χ0v) is 15.8. The van der Waals surface area contributed by atoms with Crippen molar-refractivity contribution >= 4 is 45.6 Å². The molecule has 1 amide bonds. The number of carbonyl (C=O) groups excluding carboxylic acids is 1. The number of carbonyl (C=O) groups is 1. The maximum absolute atomic E-state index is 12.2. The Labute approximate surface area is 154 Å². The smallest absolute Gasteiger partial charge is 0.270 e. The Morgan fingerprint density at radius 3 is 2.87 bits per heavy atom. The van der Waals surface area contributed by atoms with E-state index in [2.05, 4.69) is 38.4 Å². The molecule has 1 fully saturated rings. The van der Waals surface area contributed by atoms with Crippen molar-refractivity contribution in [1.82, 2.24) is 10.3 Å². The fourth-order valence-electron chi connectivity index (χ4n) is 2.53. The van der Waals surface area contributed by atoms with Gasteiger partial charge in [0.2, 0.25) is 0 Å². The second-order valence-corrected chi connectivity index (χ2v) is 7.50. The minimum Gasteiger partial charge on any atom is -0.350 e. The van der Waals surface area contributed by atoms with Gasteiger partial charge in [-0.25, -0.2) is 4.98 Å². The Morgan fingerprint density at radius 1 is 1.43 bits per heavy atom. The van der Waals surface area contributed by atoms with Crippen LogP contribution in [0.1, 0.15) is 33.9 Å². The van der Waals surface area contributed by atoms with E-state index in [9.17, 15) is 4.79 Å². The van der Waals surface area contributed by atoms with Gasteiger partial charge in [0.1, 0.15) is 5.69 Å². The molecule has 1 heterocycles. The summed E-state index contributed by atoms with van der Waals surface area (Å²) >= 11 is 5.00. The maximum atomic E-state index is 12.2. The van der Waals surface area contributed by atoms with Crippen molar-refractivity contribution in [2.45, 2.75) is 24.7 Å². The van der Waals surface area contributed by atoms with Crippen LogP contribution < -0.4 is 11.1 Å². The quantitative estimate of drug-likeness (QED) is 0.759. The van der Waals surface area contributed by atoms with E-state index in [0.29, 0.717) is 18.8 Å². The molecular formula is C16H19BrClN3OS. The number of aromatic nitrogens is 1.